The Morgan fingerprint density at radius 3 is 2.69 bits per heavy atom. The van der Waals surface area contributed by atoms with Crippen LogP contribution in [0.2, 0.25) is 0 Å². The van der Waals surface area contributed by atoms with E-state index in [1.807, 2.05) is 0 Å². The van der Waals surface area contributed by atoms with Crippen LogP contribution in [0.15, 0.2) is 23.1 Å². The molecule has 0 fully saturated rings. The summed E-state index contributed by atoms with van der Waals surface area (Å²) in [7, 11) is 0. The molecule has 16 heavy (non-hydrogen) atoms. The summed E-state index contributed by atoms with van der Waals surface area (Å²) >= 11 is 1.44. The molecule has 1 aliphatic heterocycles. The first-order valence-corrected chi connectivity index (χ1v) is 5.72. The van der Waals surface area contributed by atoms with Crippen LogP contribution in [-0.4, -0.2) is 11.5 Å². The number of hydrogen-bond acceptors (Lipinski definition) is 2. The fourth-order valence-electron chi connectivity index (χ4n) is 1.73. The number of alkyl halides is 3. The highest BCUT2D eigenvalue weighted by molar-refractivity contribution is 7.99. The maximum atomic E-state index is 12.5. The van der Waals surface area contributed by atoms with E-state index in [4.69, 9.17) is 0 Å². The molecule has 0 aliphatic carbocycles. The van der Waals surface area contributed by atoms with Gasteiger partial charge in [-0.2, -0.15) is 13.2 Å². The van der Waals surface area contributed by atoms with Crippen LogP contribution in [0.4, 0.5) is 13.2 Å². The Morgan fingerprint density at radius 1 is 1.44 bits per heavy atom. The molecule has 86 valence electrons. The van der Waals surface area contributed by atoms with Gasteiger partial charge in [-0.15, -0.1) is 11.8 Å². The van der Waals surface area contributed by atoms with Gasteiger partial charge in [0, 0.05) is 10.6 Å². The van der Waals surface area contributed by atoms with Crippen LogP contribution in [0.5, 0.6) is 0 Å². The van der Waals surface area contributed by atoms with E-state index < -0.39 is 11.7 Å². The number of Topliss-reactive ketones (excluding diaryl/α,β-unsaturated/α-hetero) is 1. The molecule has 5 heteroatoms. The van der Waals surface area contributed by atoms with Gasteiger partial charge in [0.1, 0.15) is 5.78 Å². The van der Waals surface area contributed by atoms with E-state index in [2.05, 4.69) is 0 Å². The first-order valence-electron chi connectivity index (χ1n) is 4.74. The van der Waals surface area contributed by atoms with E-state index in [-0.39, 0.29) is 11.7 Å². The molecule has 2 rings (SSSR count). The Hall–Kier alpha value is -0.970. The summed E-state index contributed by atoms with van der Waals surface area (Å²) in [6.07, 6.45) is -4.34. The predicted molar refractivity (Wildman–Crippen MR) is 55.6 cm³/mol. The van der Waals surface area contributed by atoms with Crippen molar-refractivity contribution < 1.29 is 18.0 Å². The molecule has 1 nitrogen and oxygen atoms in total. The molecule has 1 atom stereocenters. The van der Waals surface area contributed by atoms with Crippen LogP contribution in [-0.2, 0) is 11.0 Å². The van der Waals surface area contributed by atoms with E-state index in [0.717, 1.165) is 17.0 Å². The lowest BCUT2D eigenvalue weighted by Gasteiger charge is -2.10. The Kier molecular flexibility index (Phi) is 2.74. The summed E-state index contributed by atoms with van der Waals surface area (Å²) in [5.74, 6) is 0.0827. The van der Waals surface area contributed by atoms with Gasteiger partial charge in [-0.3, -0.25) is 4.79 Å². The van der Waals surface area contributed by atoms with Crippen molar-refractivity contribution >= 4 is 17.5 Å². The van der Waals surface area contributed by atoms with Gasteiger partial charge in [-0.05, 0) is 30.7 Å². The van der Waals surface area contributed by atoms with Gasteiger partial charge in [-0.25, -0.2) is 0 Å². The monoisotopic (exact) mass is 246 g/mol. The van der Waals surface area contributed by atoms with E-state index >= 15 is 0 Å². The highest BCUT2D eigenvalue weighted by Gasteiger charge is 2.34. The number of benzene rings is 1. The van der Waals surface area contributed by atoms with Gasteiger partial charge >= 0.3 is 6.18 Å². The van der Waals surface area contributed by atoms with E-state index in [1.165, 1.54) is 24.8 Å². The quantitative estimate of drug-likeness (QED) is 0.754. The molecular formula is C11H9F3OS. The standard InChI is InChI=1S/C11H9F3OS/c1-6(15)9-5-16-10-3-2-7(4-8(9)10)11(12,13)14/h2-4,9H,5H2,1H3. The van der Waals surface area contributed by atoms with Gasteiger partial charge in [0.05, 0.1) is 11.5 Å². The van der Waals surface area contributed by atoms with Crippen molar-refractivity contribution in [1.82, 2.24) is 0 Å². The number of halogens is 3. The Morgan fingerprint density at radius 2 is 2.12 bits per heavy atom. The fraction of sp³-hybridized carbons (Fsp3) is 0.364. The minimum atomic E-state index is -4.34. The molecular weight excluding hydrogens is 237 g/mol. The van der Waals surface area contributed by atoms with Crippen molar-refractivity contribution in [3.8, 4) is 0 Å². The second-order valence-electron chi connectivity index (χ2n) is 3.72. The summed E-state index contributed by atoms with van der Waals surface area (Å²) in [6.45, 7) is 1.42. The minimum Gasteiger partial charge on any atom is -0.299 e. The fourth-order valence-corrected chi connectivity index (χ4v) is 3.02. The maximum Gasteiger partial charge on any atom is 0.416 e. The number of thioether (sulfide) groups is 1. The topological polar surface area (TPSA) is 17.1 Å². The minimum absolute atomic E-state index is 0.0782. The molecule has 0 bridgehead atoms. The average Bonchev–Trinajstić information content (AvgIpc) is 2.58. The zero-order valence-corrected chi connectivity index (χ0v) is 9.28. The lowest BCUT2D eigenvalue weighted by molar-refractivity contribution is -0.137. The molecule has 0 radical (unpaired) electrons. The summed E-state index contributed by atoms with van der Waals surface area (Å²) in [6, 6.07) is 3.61. The molecule has 1 aromatic carbocycles. The average molecular weight is 246 g/mol. The number of hydrogen-bond donors (Lipinski definition) is 0. The largest absolute Gasteiger partial charge is 0.416 e. The third-order valence-electron chi connectivity index (χ3n) is 2.61. The summed E-state index contributed by atoms with van der Waals surface area (Å²) in [5.41, 5.74) is -0.160. The molecule has 0 N–H and O–H groups in total. The maximum absolute atomic E-state index is 12.5. The second-order valence-corrected chi connectivity index (χ2v) is 4.79. The van der Waals surface area contributed by atoms with Crippen LogP contribution in [0.1, 0.15) is 24.0 Å². The highest BCUT2D eigenvalue weighted by Crippen LogP contribution is 2.42. The van der Waals surface area contributed by atoms with Crippen molar-refractivity contribution in [2.45, 2.75) is 23.9 Å². The summed E-state index contributed by atoms with van der Waals surface area (Å²) in [5, 5.41) is 0. The normalized spacial score (nSPS) is 19.6. The molecule has 0 amide bonds. The molecule has 0 aromatic heterocycles. The van der Waals surface area contributed by atoms with Crippen LogP contribution in [0.25, 0.3) is 0 Å². The third-order valence-corrected chi connectivity index (χ3v) is 3.79. The van der Waals surface area contributed by atoms with E-state index in [1.54, 1.807) is 0 Å². The lowest BCUT2D eigenvalue weighted by atomic mass is 9.96. The van der Waals surface area contributed by atoms with Crippen molar-refractivity contribution in [2.24, 2.45) is 0 Å². The van der Waals surface area contributed by atoms with Crippen molar-refractivity contribution in [2.75, 3.05) is 5.75 Å². The summed E-state index contributed by atoms with van der Waals surface area (Å²) in [4.78, 5) is 12.1. The second kappa shape index (κ2) is 3.80. The molecule has 0 saturated carbocycles. The first kappa shape index (κ1) is 11.5. The predicted octanol–water partition coefficient (Wildman–Crippen LogP) is 3.48. The highest BCUT2D eigenvalue weighted by atomic mass is 32.2. The van der Waals surface area contributed by atoms with Gasteiger partial charge in [0.2, 0.25) is 0 Å². The van der Waals surface area contributed by atoms with E-state index in [0.29, 0.717) is 11.3 Å². The Labute approximate surface area is 95.0 Å². The van der Waals surface area contributed by atoms with Gasteiger partial charge in [-0.1, -0.05) is 0 Å². The SMILES string of the molecule is CC(=O)C1CSc2ccc(C(F)(F)F)cc21. The molecule has 1 aliphatic rings. The van der Waals surface area contributed by atoms with Crippen molar-refractivity contribution in [3.63, 3.8) is 0 Å². The molecule has 1 unspecified atom stereocenters. The van der Waals surface area contributed by atoms with Crippen molar-refractivity contribution in [3.05, 3.63) is 29.3 Å². The number of rotatable bonds is 1. The third kappa shape index (κ3) is 1.96. The first-order chi connectivity index (χ1) is 7.39. The molecule has 0 saturated heterocycles. The Bertz CT molecular complexity index is 439. The molecule has 0 spiro atoms. The van der Waals surface area contributed by atoms with Crippen LogP contribution >= 0.6 is 11.8 Å². The van der Waals surface area contributed by atoms with Crippen LogP contribution in [0, 0.1) is 0 Å². The van der Waals surface area contributed by atoms with Gasteiger partial charge in [0.25, 0.3) is 0 Å². The lowest BCUT2D eigenvalue weighted by Crippen LogP contribution is -2.10. The van der Waals surface area contributed by atoms with Gasteiger partial charge in [0.15, 0.2) is 0 Å². The molecule has 1 heterocycles. The number of fused-ring (bicyclic) bond motifs is 1. The zero-order valence-electron chi connectivity index (χ0n) is 8.47. The molecule has 1 aromatic rings. The smallest absolute Gasteiger partial charge is 0.299 e. The van der Waals surface area contributed by atoms with Crippen molar-refractivity contribution in [1.29, 1.82) is 0 Å². The van der Waals surface area contributed by atoms with Crippen LogP contribution < -0.4 is 0 Å². The van der Waals surface area contributed by atoms with Gasteiger partial charge < -0.3 is 0 Å². The number of carbonyl (C=O) groups excluding carboxylic acids is 1. The van der Waals surface area contributed by atoms with E-state index in [9.17, 15) is 18.0 Å². The van der Waals surface area contributed by atoms with Crippen LogP contribution in [0.3, 0.4) is 0 Å². The number of ketones is 1. The zero-order chi connectivity index (χ0) is 11.9. The summed E-state index contributed by atoms with van der Waals surface area (Å²) < 4.78 is 37.5. The Balaban J connectivity index is 2.45. The number of carbonyl (C=O) groups is 1.